The minimum atomic E-state index is -4.78. The van der Waals surface area contributed by atoms with Gasteiger partial charge in [0.15, 0.2) is 10.6 Å². The van der Waals surface area contributed by atoms with Crippen LogP contribution in [0.5, 0.6) is 5.75 Å². The van der Waals surface area contributed by atoms with Crippen LogP contribution in [0.25, 0.3) is 22.8 Å². The van der Waals surface area contributed by atoms with Gasteiger partial charge in [0.25, 0.3) is 0 Å². The average molecular weight is 618 g/mol. The highest BCUT2D eigenvalue weighted by atomic mass is 32.1. The van der Waals surface area contributed by atoms with E-state index in [-0.39, 0.29) is 5.75 Å². The van der Waals surface area contributed by atoms with E-state index in [0.29, 0.717) is 27.4 Å². The first-order valence-electron chi connectivity index (χ1n) is 13.3. The minimum absolute atomic E-state index is 0.342. The Balaban J connectivity index is 1.31. The van der Waals surface area contributed by atoms with Crippen molar-refractivity contribution in [2.45, 2.75) is 40.1 Å². The number of aryl methyl sites for hydroxylation is 4. The first-order chi connectivity index (χ1) is 20.9. The van der Waals surface area contributed by atoms with E-state index in [4.69, 9.17) is 0 Å². The molecular weight excluding hydrogens is 591 g/mol. The maximum atomic E-state index is 13.0. The van der Waals surface area contributed by atoms with Crippen molar-refractivity contribution in [3.8, 4) is 34.6 Å². The summed E-state index contributed by atoms with van der Waals surface area (Å²) in [5, 5.41) is 18.8. The van der Waals surface area contributed by atoms with E-state index in [1.54, 1.807) is 24.3 Å². The number of carbonyl (C=O) groups excluding carboxylic acids is 1. The van der Waals surface area contributed by atoms with Gasteiger partial charge < -0.3 is 10.1 Å². The van der Waals surface area contributed by atoms with E-state index < -0.39 is 18.4 Å². The van der Waals surface area contributed by atoms with Gasteiger partial charge in [-0.3, -0.25) is 4.57 Å². The van der Waals surface area contributed by atoms with Gasteiger partial charge >= 0.3 is 12.4 Å². The molecule has 13 heteroatoms. The van der Waals surface area contributed by atoms with Gasteiger partial charge in [0, 0.05) is 16.6 Å². The van der Waals surface area contributed by atoms with Crippen molar-refractivity contribution in [2.75, 3.05) is 0 Å². The van der Waals surface area contributed by atoms with Crippen LogP contribution in [0.3, 0.4) is 0 Å². The summed E-state index contributed by atoms with van der Waals surface area (Å²) in [5.74, 6) is 0.0179. The molecule has 0 spiro atoms. The summed E-state index contributed by atoms with van der Waals surface area (Å²) < 4.78 is 44.5. The molecule has 5 aromatic rings. The standard InChI is InChI=1S/C31H26F3N7O2S/c1-18-13-19(2)27(20(3)14-18)41-21(4)16-44-30(41)38-29(42)37-26(15-35)22-5-7-23(8-6-22)28-36-17-40(39-28)24-9-11-25(12-10-24)43-31(32,33)34/h5-14,16-17,26H,1-4H3,(H,37,42). The molecule has 0 aliphatic rings. The Bertz CT molecular complexity index is 1910. The van der Waals surface area contributed by atoms with Crippen molar-refractivity contribution in [2.24, 2.45) is 4.99 Å². The van der Waals surface area contributed by atoms with Crippen molar-refractivity contribution in [3.05, 3.63) is 105 Å². The fourth-order valence-corrected chi connectivity index (χ4v) is 5.70. The van der Waals surface area contributed by atoms with Crippen LogP contribution in [0.1, 0.15) is 34.0 Å². The van der Waals surface area contributed by atoms with Crippen LogP contribution in [0, 0.1) is 39.0 Å². The van der Waals surface area contributed by atoms with Crippen LogP contribution < -0.4 is 14.9 Å². The Labute approximate surface area is 254 Å². The molecule has 0 aliphatic carbocycles. The third-order valence-corrected chi connectivity index (χ3v) is 7.60. The minimum Gasteiger partial charge on any atom is -0.406 e. The molecule has 224 valence electrons. The normalized spacial score (nSPS) is 12.5. The first kappa shape index (κ1) is 30.2. The van der Waals surface area contributed by atoms with E-state index in [0.717, 1.165) is 28.1 Å². The van der Waals surface area contributed by atoms with Crippen molar-refractivity contribution in [3.63, 3.8) is 0 Å². The van der Waals surface area contributed by atoms with Gasteiger partial charge in [0.05, 0.1) is 17.4 Å². The quantitative estimate of drug-likeness (QED) is 0.226. The number of nitrogens with one attached hydrogen (secondary N) is 1. The predicted octanol–water partition coefficient (Wildman–Crippen LogP) is 6.79. The summed E-state index contributed by atoms with van der Waals surface area (Å²) in [6.45, 7) is 8.03. The van der Waals surface area contributed by atoms with Gasteiger partial charge in [0.2, 0.25) is 0 Å². The van der Waals surface area contributed by atoms with E-state index in [1.807, 2.05) is 37.6 Å². The molecule has 2 amide bonds. The van der Waals surface area contributed by atoms with Crippen LogP contribution in [0.15, 0.2) is 77.4 Å². The lowest BCUT2D eigenvalue weighted by Gasteiger charge is -2.14. The molecule has 9 nitrogen and oxygen atoms in total. The second-order valence-corrected chi connectivity index (χ2v) is 10.9. The smallest absolute Gasteiger partial charge is 0.406 e. The Morgan fingerprint density at radius 2 is 1.70 bits per heavy atom. The molecule has 5 rings (SSSR count). The lowest BCUT2D eigenvalue weighted by atomic mass is 10.0. The molecule has 0 radical (unpaired) electrons. The van der Waals surface area contributed by atoms with Crippen LogP contribution in [0.2, 0.25) is 0 Å². The third kappa shape index (κ3) is 6.71. The summed E-state index contributed by atoms with van der Waals surface area (Å²) in [6.07, 6.45) is -3.34. The van der Waals surface area contributed by atoms with Gasteiger partial charge in [-0.1, -0.05) is 42.0 Å². The van der Waals surface area contributed by atoms with Crippen molar-refractivity contribution in [1.29, 1.82) is 5.26 Å². The molecule has 0 fully saturated rings. The van der Waals surface area contributed by atoms with Crippen molar-refractivity contribution in [1.82, 2.24) is 24.6 Å². The molecule has 3 aromatic carbocycles. The zero-order valence-corrected chi connectivity index (χ0v) is 24.9. The summed E-state index contributed by atoms with van der Waals surface area (Å²) in [5.41, 5.74) is 6.84. The molecule has 44 heavy (non-hydrogen) atoms. The molecule has 2 aromatic heterocycles. The van der Waals surface area contributed by atoms with E-state index in [1.165, 1.54) is 46.6 Å². The van der Waals surface area contributed by atoms with Gasteiger partial charge in [-0.15, -0.1) is 29.6 Å². The zero-order chi connectivity index (χ0) is 31.6. The monoisotopic (exact) mass is 617 g/mol. The number of urea groups is 1. The number of alkyl halides is 3. The SMILES string of the molecule is Cc1cc(C)c(-n2c(C)csc2=NC(=O)NC(C#N)c2ccc(-c3ncn(-c4ccc(OC(F)(F)F)cc4)n3)cc2)c(C)c1. The van der Waals surface area contributed by atoms with Crippen LogP contribution in [-0.2, 0) is 0 Å². The van der Waals surface area contributed by atoms with Crippen molar-refractivity contribution >= 4 is 17.4 Å². The van der Waals surface area contributed by atoms with E-state index in [2.05, 4.69) is 43.3 Å². The maximum Gasteiger partial charge on any atom is 0.573 e. The number of amides is 2. The summed E-state index contributed by atoms with van der Waals surface area (Å²) in [7, 11) is 0. The van der Waals surface area contributed by atoms with Crippen LogP contribution >= 0.6 is 11.3 Å². The molecule has 1 N–H and O–H groups in total. The fraction of sp³-hybridized carbons (Fsp3) is 0.194. The highest BCUT2D eigenvalue weighted by Crippen LogP contribution is 2.25. The first-order valence-corrected chi connectivity index (χ1v) is 14.2. The highest BCUT2D eigenvalue weighted by molar-refractivity contribution is 7.07. The molecule has 2 heterocycles. The van der Waals surface area contributed by atoms with Crippen LogP contribution in [-0.4, -0.2) is 31.7 Å². The summed E-state index contributed by atoms with van der Waals surface area (Å²) in [4.78, 5) is 22.0. The number of halogens is 3. The second kappa shape index (κ2) is 12.2. The Kier molecular flexibility index (Phi) is 8.37. The molecule has 0 saturated heterocycles. The number of benzene rings is 3. The molecule has 1 atom stereocenters. The number of hydrogen-bond donors (Lipinski definition) is 1. The summed E-state index contributed by atoms with van der Waals surface area (Å²) >= 11 is 1.34. The number of carbonyl (C=O) groups is 1. The number of ether oxygens (including phenoxy) is 1. The predicted molar refractivity (Wildman–Crippen MR) is 159 cm³/mol. The highest BCUT2D eigenvalue weighted by Gasteiger charge is 2.31. The lowest BCUT2D eigenvalue weighted by Crippen LogP contribution is -2.28. The molecule has 1 unspecified atom stereocenters. The van der Waals surface area contributed by atoms with E-state index >= 15 is 0 Å². The summed E-state index contributed by atoms with van der Waals surface area (Å²) in [6, 6.07) is 16.7. The van der Waals surface area contributed by atoms with Gasteiger partial charge in [0.1, 0.15) is 18.1 Å². The van der Waals surface area contributed by atoms with E-state index in [9.17, 15) is 23.2 Å². The van der Waals surface area contributed by atoms with Gasteiger partial charge in [-0.25, -0.2) is 14.5 Å². The number of nitrogens with zero attached hydrogens (tertiary/aromatic N) is 6. The maximum absolute atomic E-state index is 13.0. The lowest BCUT2D eigenvalue weighted by molar-refractivity contribution is -0.274. The Morgan fingerprint density at radius 1 is 1.05 bits per heavy atom. The molecule has 0 saturated carbocycles. The Morgan fingerprint density at radius 3 is 2.32 bits per heavy atom. The third-order valence-electron chi connectivity index (χ3n) is 6.66. The van der Waals surface area contributed by atoms with Gasteiger partial charge in [-0.05, 0) is 68.7 Å². The Hall–Kier alpha value is -5.22. The van der Waals surface area contributed by atoms with Crippen LogP contribution in [0.4, 0.5) is 18.0 Å². The molecule has 0 bridgehead atoms. The second-order valence-electron chi connectivity index (χ2n) is 10.0. The number of rotatable bonds is 6. The number of nitriles is 1. The molecular formula is C31H26F3N7O2S. The number of thiazole rings is 1. The number of aromatic nitrogens is 4. The largest absolute Gasteiger partial charge is 0.573 e. The van der Waals surface area contributed by atoms with Crippen molar-refractivity contribution < 1.29 is 22.7 Å². The zero-order valence-electron chi connectivity index (χ0n) is 24.0. The number of hydrogen-bond acceptors (Lipinski definition) is 6. The van der Waals surface area contributed by atoms with Gasteiger partial charge in [-0.2, -0.15) is 10.3 Å². The fourth-order valence-electron chi connectivity index (χ4n) is 4.85. The molecule has 0 aliphatic heterocycles. The topological polar surface area (TPSA) is 110 Å². The average Bonchev–Trinajstić information content (AvgIpc) is 3.59.